The molecule has 1 fully saturated rings. The number of methoxy groups -OCH3 is 1. The molecule has 2 rings (SSSR count). The number of phenols is 1. The molecule has 1 aromatic rings. The highest BCUT2D eigenvalue weighted by Gasteiger charge is 2.58. The number of carbonyl (C=O) groups excluding carboxylic acids is 1. The van der Waals surface area contributed by atoms with E-state index >= 15 is 0 Å². The minimum atomic E-state index is -0.869. The van der Waals surface area contributed by atoms with E-state index in [1.807, 2.05) is 0 Å². The monoisotopic (exact) mass is 207 g/mol. The molecule has 4 nitrogen and oxygen atoms in total. The molecule has 1 aliphatic rings. The second kappa shape index (κ2) is 3.24. The largest absolute Gasteiger partial charge is 0.508 e. The molecule has 4 heteroatoms. The first-order chi connectivity index (χ1) is 7.08. The summed E-state index contributed by atoms with van der Waals surface area (Å²) in [6, 6.07) is 6.73. The van der Waals surface area contributed by atoms with Gasteiger partial charge in [-0.05, 0) is 24.1 Å². The lowest BCUT2D eigenvalue weighted by Gasteiger charge is -2.08. The number of esters is 1. The van der Waals surface area contributed by atoms with Crippen molar-refractivity contribution >= 4 is 5.97 Å². The van der Waals surface area contributed by atoms with Gasteiger partial charge in [0.2, 0.25) is 0 Å². The van der Waals surface area contributed by atoms with E-state index in [1.54, 1.807) is 24.3 Å². The van der Waals surface area contributed by atoms with Crippen LogP contribution in [0.25, 0.3) is 0 Å². The molecule has 2 atom stereocenters. The highest BCUT2D eigenvalue weighted by Crippen LogP contribution is 2.50. The molecule has 0 saturated heterocycles. The molecule has 0 heterocycles. The SMILES string of the molecule is COC(=O)[C@]1(N)C[C@H]1c1ccc(O)cc1. The van der Waals surface area contributed by atoms with E-state index in [4.69, 9.17) is 10.8 Å². The summed E-state index contributed by atoms with van der Waals surface area (Å²) < 4.78 is 4.64. The van der Waals surface area contributed by atoms with Crippen LogP contribution in [0.15, 0.2) is 24.3 Å². The first-order valence-electron chi connectivity index (χ1n) is 4.74. The quantitative estimate of drug-likeness (QED) is 0.702. The van der Waals surface area contributed by atoms with Crippen molar-refractivity contribution in [2.75, 3.05) is 7.11 Å². The lowest BCUT2D eigenvalue weighted by atomic mass is 10.1. The Morgan fingerprint density at radius 1 is 1.53 bits per heavy atom. The van der Waals surface area contributed by atoms with Crippen molar-refractivity contribution in [3.63, 3.8) is 0 Å². The van der Waals surface area contributed by atoms with Crippen molar-refractivity contribution < 1.29 is 14.6 Å². The Labute approximate surface area is 87.7 Å². The Kier molecular flexibility index (Phi) is 2.16. The summed E-state index contributed by atoms with van der Waals surface area (Å²) in [5.41, 5.74) is 5.97. The van der Waals surface area contributed by atoms with E-state index in [9.17, 15) is 4.79 Å². The van der Waals surface area contributed by atoms with Crippen LogP contribution in [0.4, 0.5) is 0 Å². The van der Waals surface area contributed by atoms with E-state index < -0.39 is 5.54 Å². The van der Waals surface area contributed by atoms with Gasteiger partial charge < -0.3 is 15.6 Å². The van der Waals surface area contributed by atoms with Crippen LogP contribution >= 0.6 is 0 Å². The average molecular weight is 207 g/mol. The Balaban J connectivity index is 2.16. The fourth-order valence-electron chi connectivity index (χ4n) is 1.82. The van der Waals surface area contributed by atoms with Gasteiger partial charge in [-0.25, -0.2) is 0 Å². The number of aromatic hydroxyl groups is 1. The topological polar surface area (TPSA) is 72.5 Å². The van der Waals surface area contributed by atoms with Crippen molar-refractivity contribution in [1.29, 1.82) is 0 Å². The van der Waals surface area contributed by atoms with Gasteiger partial charge in [0.15, 0.2) is 0 Å². The molecular weight excluding hydrogens is 194 g/mol. The van der Waals surface area contributed by atoms with Crippen LogP contribution in [0.2, 0.25) is 0 Å². The molecule has 1 aliphatic carbocycles. The number of benzene rings is 1. The van der Waals surface area contributed by atoms with Gasteiger partial charge in [-0.1, -0.05) is 12.1 Å². The number of nitrogens with two attached hydrogens (primary N) is 1. The van der Waals surface area contributed by atoms with Crippen molar-refractivity contribution in [3.05, 3.63) is 29.8 Å². The van der Waals surface area contributed by atoms with Gasteiger partial charge >= 0.3 is 5.97 Å². The number of ether oxygens (including phenoxy) is 1. The van der Waals surface area contributed by atoms with Crippen LogP contribution in [0.5, 0.6) is 5.75 Å². The molecule has 0 unspecified atom stereocenters. The Hall–Kier alpha value is -1.55. The summed E-state index contributed by atoms with van der Waals surface area (Å²) >= 11 is 0. The second-order valence-corrected chi connectivity index (χ2v) is 3.88. The maximum absolute atomic E-state index is 11.3. The summed E-state index contributed by atoms with van der Waals surface area (Å²) in [6.07, 6.45) is 0.602. The van der Waals surface area contributed by atoms with Gasteiger partial charge in [-0.15, -0.1) is 0 Å². The van der Waals surface area contributed by atoms with Crippen molar-refractivity contribution in [3.8, 4) is 5.75 Å². The van der Waals surface area contributed by atoms with Crippen molar-refractivity contribution in [2.45, 2.75) is 17.9 Å². The summed E-state index contributed by atoms with van der Waals surface area (Å²) in [4.78, 5) is 11.3. The molecule has 0 aromatic heterocycles. The third-order valence-corrected chi connectivity index (χ3v) is 2.86. The van der Waals surface area contributed by atoms with Crippen LogP contribution in [-0.4, -0.2) is 23.7 Å². The zero-order chi connectivity index (χ0) is 11.1. The Morgan fingerprint density at radius 2 is 2.13 bits per heavy atom. The standard InChI is InChI=1S/C11H13NO3/c1-15-10(14)11(12)6-9(11)7-2-4-8(13)5-3-7/h2-5,9,13H,6,12H2,1H3/t9-,11-/m0/s1. The van der Waals surface area contributed by atoms with Crippen LogP contribution in [0.3, 0.4) is 0 Å². The highest BCUT2D eigenvalue weighted by molar-refractivity contribution is 5.86. The molecule has 0 radical (unpaired) electrons. The molecule has 0 aliphatic heterocycles. The minimum absolute atomic E-state index is 0.00514. The molecule has 80 valence electrons. The van der Waals surface area contributed by atoms with Gasteiger partial charge in [0.05, 0.1) is 7.11 Å². The maximum atomic E-state index is 11.3. The van der Waals surface area contributed by atoms with Crippen LogP contribution in [0.1, 0.15) is 17.9 Å². The minimum Gasteiger partial charge on any atom is -0.508 e. The highest BCUT2D eigenvalue weighted by atomic mass is 16.5. The number of rotatable bonds is 2. The van der Waals surface area contributed by atoms with E-state index in [2.05, 4.69) is 4.74 Å². The van der Waals surface area contributed by atoms with Gasteiger partial charge in [0.1, 0.15) is 11.3 Å². The van der Waals surface area contributed by atoms with E-state index in [1.165, 1.54) is 7.11 Å². The third-order valence-electron chi connectivity index (χ3n) is 2.86. The van der Waals surface area contributed by atoms with E-state index in [-0.39, 0.29) is 17.6 Å². The Bertz CT molecular complexity index is 387. The smallest absolute Gasteiger partial charge is 0.326 e. The number of phenolic OH excluding ortho intramolecular Hbond substituents is 1. The second-order valence-electron chi connectivity index (χ2n) is 3.88. The number of carbonyl (C=O) groups is 1. The first-order valence-corrected chi connectivity index (χ1v) is 4.74. The lowest BCUT2D eigenvalue weighted by molar-refractivity contribution is -0.143. The zero-order valence-electron chi connectivity index (χ0n) is 8.43. The molecule has 1 saturated carbocycles. The average Bonchev–Trinajstić information content (AvgIpc) is 2.92. The summed E-state index contributed by atoms with van der Waals surface area (Å²) in [5.74, 6) is -0.161. The third kappa shape index (κ3) is 1.57. The summed E-state index contributed by atoms with van der Waals surface area (Å²) in [6.45, 7) is 0. The predicted molar refractivity (Wildman–Crippen MR) is 54.4 cm³/mol. The molecule has 3 N–H and O–H groups in total. The molecule has 0 bridgehead atoms. The molecular formula is C11H13NO3. The predicted octanol–water partition coefficient (Wildman–Crippen LogP) is 0.750. The van der Waals surface area contributed by atoms with Gasteiger partial charge in [0.25, 0.3) is 0 Å². The van der Waals surface area contributed by atoms with Gasteiger partial charge in [0, 0.05) is 5.92 Å². The van der Waals surface area contributed by atoms with Gasteiger partial charge in [-0.3, -0.25) is 4.79 Å². The summed E-state index contributed by atoms with van der Waals surface area (Å²) in [7, 11) is 1.34. The fraction of sp³-hybridized carbons (Fsp3) is 0.364. The fourth-order valence-corrected chi connectivity index (χ4v) is 1.82. The van der Waals surface area contributed by atoms with Crippen LogP contribution < -0.4 is 5.73 Å². The number of hydrogen-bond acceptors (Lipinski definition) is 4. The van der Waals surface area contributed by atoms with E-state index in [0.29, 0.717) is 6.42 Å². The maximum Gasteiger partial charge on any atom is 0.326 e. The zero-order valence-corrected chi connectivity index (χ0v) is 8.43. The molecule has 0 amide bonds. The molecule has 15 heavy (non-hydrogen) atoms. The first kappa shape index (κ1) is 9.98. The van der Waals surface area contributed by atoms with Crippen LogP contribution in [0, 0.1) is 0 Å². The lowest BCUT2D eigenvalue weighted by Crippen LogP contribution is -2.35. The van der Waals surface area contributed by atoms with Crippen molar-refractivity contribution in [1.82, 2.24) is 0 Å². The molecule has 0 spiro atoms. The van der Waals surface area contributed by atoms with Crippen LogP contribution in [-0.2, 0) is 9.53 Å². The number of hydrogen-bond donors (Lipinski definition) is 2. The van der Waals surface area contributed by atoms with Gasteiger partial charge in [-0.2, -0.15) is 0 Å². The van der Waals surface area contributed by atoms with E-state index in [0.717, 1.165) is 5.56 Å². The summed E-state index contributed by atoms with van der Waals surface area (Å²) in [5, 5.41) is 9.12. The normalized spacial score (nSPS) is 28.5. The molecule has 1 aromatic carbocycles. The Morgan fingerprint density at radius 3 is 2.67 bits per heavy atom. The van der Waals surface area contributed by atoms with Crippen molar-refractivity contribution in [2.24, 2.45) is 5.73 Å².